The Balaban J connectivity index is 0.000000211. The van der Waals surface area contributed by atoms with Gasteiger partial charge in [0.1, 0.15) is 5.82 Å². The quantitative estimate of drug-likeness (QED) is 0.670. The lowest BCUT2D eigenvalue weighted by atomic mass is 10.1. The molecule has 0 aliphatic heterocycles. The molecule has 0 spiro atoms. The highest BCUT2D eigenvalue weighted by Gasteiger charge is 2.07. The Morgan fingerprint density at radius 3 is 2.33 bits per heavy atom. The molecule has 0 radical (unpaired) electrons. The number of rotatable bonds is 4. The molecule has 112 valence electrons. The molecule has 0 bridgehead atoms. The Morgan fingerprint density at radius 1 is 1.33 bits per heavy atom. The van der Waals surface area contributed by atoms with Crippen LogP contribution < -0.4 is 10.8 Å². The van der Waals surface area contributed by atoms with Crippen molar-refractivity contribution in [3.8, 4) is 0 Å². The van der Waals surface area contributed by atoms with E-state index in [1.54, 1.807) is 12.1 Å². The third kappa shape index (κ3) is 5.41. The fourth-order valence-electron chi connectivity index (χ4n) is 1.39. The summed E-state index contributed by atoms with van der Waals surface area (Å²) >= 11 is 0. The number of hydrogen-bond donors (Lipinski definition) is 3. The number of carbonyl (C=O) groups is 2. The average Bonchev–Trinajstić information content (AvgIpc) is 2.92. The zero-order valence-electron chi connectivity index (χ0n) is 11.0. The van der Waals surface area contributed by atoms with Crippen LogP contribution in [0.3, 0.4) is 0 Å². The summed E-state index contributed by atoms with van der Waals surface area (Å²) in [6, 6.07) is 7.43. The van der Waals surface area contributed by atoms with E-state index in [1.807, 2.05) is 5.10 Å². The Kier molecular flexibility index (Phi) is 6.02. The van der Waals surface area contributed by atoms with Crippen LogP contribution in [0.25, 0.3) is 0 Å². The summed E-state index contributed by atoms with van der Waals surface area (Å²) in [7, 11) is 0. The van der Waals surface area contributed by atoms with Gasteiger partial charge in [-0.05, 0) is 23.8 Å². The zero-order valence-corrected chi connectivity index (χ0v) is 11.0. The van der Waals surface area contributed by atoms with Crippen molar-refractivity contribution < 1.29 is 29.9 Å². The van der Waals surface area contributed by atoms with E-state index in [0.29, 0.717) is 0 Å². The standard InChI is InChI=1S/C8H10FN.C5H4N2O4/c9-8-3-1-7(2-4-8)5-6-10;8-4(9)2-1-3(5(10)11)7-6-2/h1-4H,5-6,10H2;1H,(H,6,7)(H,8,9)(H,10,11). The van der Waals surface area contributed by atoms with E-state index in [-0.39, 0.29) is 17.2 Å². The minimum atomic E-state index is -1.48. The van der Waals surface area contributed by atoms with Crippen LogP contribution in [-0.4, -0.2) is 33.8 Å². The van der Waals surface area contributed by atoms with Crippen molar-refractivity contribution in [2.24, 2.45) is 0 Å². The highest BCUT2D eigenvalue weighted by molar-refractivity contribution is 5.90. The van der Waals surface area contributed by atoms with E-state index in [2.05, 4.69) is 10.8 Å². The third-order valence-corrected chi connectivity index (χ3v) is 2.40. The maximum Gasteiger partial charge on any atom is 0.356 e. The number of aromatic amines is 1. The second-order valence-electron chi connectivity index (χ2n) is 3.99. The van der Waals surface area contributed by atoms with Gasteiger partial charge in [-0.3, -0.25) is 5.10 Å². The van der Waals surface area contributed by atoms with Gasteiger partial charge in [0, 0.05) is 6.42 Å². The van der Waals surface area contributed by atoms with Crippen molar-refractivity contribution in [3.63, 3.8) is 0 Å². The van der Waals surface area contributed by atoms with Crippen LogP contribution in [0, 0.1) is 5.82 Å². The van der Waals surface area contributed by atoms with Crippen LogP contribution in [0.15, 0.2) is 30.3 Å². The van der Waals surface area contributed by atoms with Crippen LogP contribution in [0.1, 0.15) is 26.5 Å². The van der Waals surface area contributed by atoms with Crippen molar-refractivity contribution >= 4 is 11.9 Å². The van der Waals surface area contributed by atoms with E-state index in [9.17, 15) is 19.1 Å². The fraction of sp³-hybridized carbons (Fsp3) is 0.154. The number of nitrogens with one attached hydrogen (secondary N) is 1. The minimum Gasteiger partial charge on any atom is -0.543 e. The van der Waals surface area contributed by atoms with Gasteiger partial charge < -0.3 is 20.7 Å². The molecule has 2 rings (SSSR count). The van der Waals surface area contributed by atoms with Crippen molar-refractivity contribution in [2.75, 3.05) is 6.54 Å². The SMILES string of the molecule is O=C(O)c1cc(C(=O)[O-])[nH]n1.[NH3+]CCc1ccc(F)cc1. The molecule has 0 saturated carbocycles. The van der Waals surface area contributed by atoms with E-state index < -0.39 is 11.9 Å². The molecule has 7 nitrogen and oxygen atoms in total. The zero-order chi connectivity index (χ0) is 15.8. The highest BCUT2D eigenvalue weighted by Crippen LogP contribution is 2.01. The summed E-state index contributed by atoms with van der Waals surface area (Å²) in [5, 5.41) is 23.5. The number of H-pyrrole nitrogens is 1. The fourth-order valence-corrected chi connectivity index (χ4v) is 1.39. The summed E-state index contributed by atoms with van der Waals surface area (Å²) in [5.41, 5.74) is 4.17. The van der Waals surface area contributed by atoms with E-state index in [0.717, 1.165) is 24.6 Å². The molecule has 0 fully saturated rings. The van der Waals surface area contributed by atoms with Gasteiger partial charge in [-0.15, -0.1) is 0 Å². The molecule has 2 aromatic rings. The molecular weight excluding hydrogens is 281 g/mol. The third-order valence-electron chi connectivity index (χ3n) is 2.40. The minimum absolute atomic E-state index is 0.173. The van der Waals surface area contributed by atoms with Crippen LogP contribution in [0.5, 0.6) is 0 Å². The molecule has 8 heteroatoms. The molecule has 1 aromatic heterocycles. The van der Waals surface area contributed by atoms with Gasteiger partial charge in [-0.1, -0.05) is 12.1 Å². The van der Waals surface area contributed by atoms with Gasteiger partial charge in [0.2, 0.25) is 0 Å². The largest absolute Gasteiger partial charge is 0.543 e. The first kappa shape index (κ1) is 16.3. The predicted octanol–water partition coefficient (Wildman–Crippen LogP) is -0.918. The molecule has 1 heterocycles. The molecule has 0 aliphatic rings. The molecule has 0 unspecified atom stereocenters. The number of nitrogens with zero attached hydrogens (tertiary/aromatic N) is 1. The number of carbonyl (C=O) groups excluding carboxylic acids is 1. The maximum atomic E-state index is 12.3. The van der Waals surface area contributed by atoms with Crippen LogP contribution in [-0.2, 0) is 6.42 Å². The number of hydrogen-bond acceptors (Lipinski definition) is 4. The van der Waals surface area contributed by atoms with E-state index in [1.165, 1.54) is 12.1 Å². The number of carboxylic acids is 2. The Bertz CT molecular complexity index is 582. The second kappa shape index (κ2) is 7.75. The van der Waals surface area contributed by atoms with Gasteiger partial charge in [0.15, 0.2) is 5.69 Å². The molecule has 1 aromatic carbocycles. The first-order valence-electron chi connectivity index (χ1n) is 5.97. The molecule has 21 heavy (non-hydrogen) atoms. The summed E-state index contributed by atoms with van der Waals surface area (Å²) < 4.78 is 12.3. The summed E-state index contributed by atoms with van der Waals surface area (Å²) in [6.07, 6.45) is 0.931. The maximum absolute atomic E-state index is 12.3. The van der Waals surface area contributed by atoms with Crippen LogP contribution in [0.4, 0.5) is 4.39 Å². The summed E-state index contributed by atoms with van der Waals surface area (Å²) in [4.78, 5) is 20.2. The van der Waals surface area contributed by atoms with Crippen molar-refractivity contribution in [1.82, 2.24) is 10.2 Å². The molecule has 0 saturated heterocycles. The van der Waals surface area contributed by atoms with Crippen LogP contribution in [0.2, 0.25) is 0 Å². The number of aromatic nitrogens is 2. The van der Waals surface area contributed by atoms with Gasteiger partial charge in [-0.25, -0.2) is 9.18 Å². The normalized spacial score (nSPS) is 9.62. The number of carboxylic acid groups (broad SMARTS) is 2. The first-order valence-corrected chi connectivity index (χ1v) is 5.97. The monoisotopic (exact) mass is 295 g/mol. The van der Waals surface area contributed by atoms with Crippen LogP contribution >= 0.6 is 0 Å². The summed E-state index contributed by atoms with van der Waals surface area (Å²) in [6.45, 7) is 0.867. The van der Waals surface area contributed by atoms with Gasteiger partial charge in [0.05, 0.1) is 18.2 Å². The smallest absolute Gasteiger partial charge is 0.356 e. The predicted molar refractivity (Wildman–Crippen MR) is 67.7 cm³/mol. The van der Waals surface area contributed by atoms with Crippen molar-refractivity contribution in [2.45, 2.75) is 6.42 Å². The molecule has 0 amide bonds. The lowest BCUT2D eigenvalue weighted by molar-refractivity contribution is -0.366. The highest BCUT2D eigenvalue weighted by atomic mass is 19.1. The number of benzene rings is 1. The second-order valence-corrected chi connectivity index (χ2v) is 3.99. The Labute approximate surface area is 119 Å². The lowest BCUT2D eigenvalue weighted by Crippen LogP contribution is -2.51. The average molecular weight is 295 g/mol. The van der Waals surface area contributed by atoms with Gasteiger partial charge in [-0.2, -0.15) is 5.10 Å². The Morgan fingerprint density at radius 2 is 1.95 bits per heavy atom. The van der Waals surface area contributed by atoms with Gasteiger partial charge >= 0.3 is 5.97 Å². The molecular formula is C13H14FN3O4. The number of aromatic carboxylic acids is 2. The summed E-state index contributed by atoms with van der Waals surface area (Å²) in [5.74, 6) is -2.94. The van der Waals surface area contributed by atoms with E-state index >= 15 is 0 Å². The molecule has 5 N–H and O–H groups in total. The molecule has 0 aliphatic carbocycles. The van der Waals surface area contributed by atoms with Crippen molar-refractivity contribution in [3.05, 3.63) is 53.1 Å². The van der Waals surface area contributed by atoms with Gasteiger partial charge in [0.25, 0.3) is 0 Å². The first-order chi connectivity index (χ1) is 9.93. The van der Waals surface area contributed by atoms with E-state index in [4.69, 9.17) is 5.11 Å². The van der Waals surface area contributed by atoms with Crippen molar-refractivity contribution in [1.29, 1.82) is 0 Å². The lowest BCUT2D eigenvalue weighted by Gasteiger charge is -1.94. The number of halogens is 1. The Hall–Kier alpha value is -2.74. The number of quaternary nitrogens is 1. The molecule has 0 atom stereocenters. The topological polar surface area (TPSA) is 134 Å².